The van der Waals surface area contributed by atoms with Gasteiger partial charge in [0.1, 0.15) is 21.2 Å². The molecule has 0 saturated heterocycles. The van der Waals surface area contributed by atoms with Crippen molar-refractivity contribution in [2.24, 2.45) is 0 Å². The number of aromatic amines is 1. The summed E-state index contributed by atoms with van der Waals surface area (Å²) in [6, 6.07) is 5.28. The van der Waals surface area contributed by atoms with Crippen molar-refractivity contribution in [3.05, 3.63) is 50.4 Å². The molecule has 3 rings (SSSR count). The highest BCUT2D eigenvalue weighted by atomic mass is 35.5. The molecule has 0 radical (unpaired) electrons. The number of ether oxygens (including phenoxy) is 3. The third-order valence-electron chi connectivity index (χ3n) is 4.06. The summed E-state index contributed by atoms with van der Waals surface area (Å²) in [7, 11) is 4.39. The summed E-state index contributed by atoms with van der Waals surface area (Å²) >= 11 is 7.49. The highest BCUT2D eigenvalue weighted by Gasteiger charge is 2.20. The van der Waals surface area contributed by atoms with E-state index in [9.17, 15) is 9.59 Å². The Morgan fingerprint density at radius 1 is 1.18 bits per heavy atom. The lowest BCUT2D eigenvalue weighted by Gasteiger charge is -2.06. The fourth-order valence-electron chi connectivity index (χ4n) is 2.67. The third kappa shape index (κ3) is 3.74. The first-order valence-electron chi connectivity index (χ1n) is 8.10. The second kappa shape index (κ2) is 8.04. The number of thiophene rings is 1. The van der Waals surface area contributed by atoms with E-state index in [0.29, 0.717) is 37.7 Å². The van der Waals surface area contributed by atoms with Crippen LogP contribution in [-0.4, -0.2) is 37.3 Å². The van der Waals surface area contributed by atoms with E-state index in [1.165, 1.54) is 7.11 Å². The van der Waals surface area contributed by atoms with Crippen LogP contribution in [0, 0.1) is 6.92 Å². The molecule has 0 aliphatic carbocycles. The number of benzene rings is 1. The van der Waals surface area contributed by atoms with E-state index in [1.54, 1.807) is 45.4 Å². The Morgan fingerprint density at radius 3 is 2.39 bits per heavy atom. The van der Waals surface area contributed by atoms with Gasteiger partial charge in [0.25, 0.3) is 5.56 Å². The Kier molecular flexibility index (Phi) is 5.71. The second-order valence-electron chi connectivity index (χ2n) is 5.78. The number of aromatic nitrogens is 2. The normalized spacial score (nSPS) is 11.5. The molecule has 0 saturated carbocycles. The summed E-state index contributed by atoms with van der Waals surface area (Å²) in [5.41, 5.74) is 0.866. The SMILES string of the molecule is COC(=O)c1sc2nc(C(Cl)=Cc3cc(OC)cc(OC)c3)[nH]c(=O)c2c1C. The summed E-state index contributed by atoms with van der Waals surface area (Å²) in [5, 5.41) is 0.571. The van der Waals surface area contributed by atoms with Crippen molar-refractivity contribution >= 4 is 50.2 Å². The van der Waals surface area contributed by atoms with Crippen LogP contribution in [0.25, 0.3) is 21.3 Å². The fraction of sp³-hybridized carbons (Fsp3) is 0.211. The van der Waals surface area contributed by atoms with E-state index in [-0.39, 0.29) is 16.4 Å². The van der Waals surface area contributed by atoms with Crippen LogP contribution in [0.1, 0.15) is 26.6 Å². The first-order valence-corrected chi connectivity index (χ1v) is 9.29. The predicted octanol–water partition coefficient (Wildman–Crippen LogP) is 3.83. The number of esters is 1. The second-order valence-corrected chi connectivity index (χ2v) is 7.19. The Balaban J connectivity index is 2.10. The molecule has 28 heavy (non-hydrogen) atoms. The number of H-pyrrole nitrogens is 1. The van der Waals surface area contributed by atoms with Crippen LogP contribution in [-0.2, 0) is 4.74 Å². The molecule has 1 aromatic carbocycles. The van der Waals surface area contributed by atoms with Crippen LogP contribution in [0.2, 0.25) is 0 Å². The number of hydrogen-bond donors (Lipinski definition) is 1. The van der Waals surface area contributed by atoms with Crippen molar-refractivity contribution in [2.75, 3.05) is 21.3 Å². The van der Waals surface area contributed by atoms with Crippen LogP contribution in [0.3, 0.4) is 0 Å². The summed E-state index contributed by atoms with van der Waals surface area (Å²) in [4.78, 5) is 32.2. The molecule has 0 bridgehead atoms. The van der Waals surface area contributed by atoms with Crippen LogP contribution in [0.5, 0.6) is 11.5 Å². The van der Waals surface area contributed by atoms with Gasteiger partial charge in [-0.15, -0.1) is 11.3 Å². The van der Waals surface area contributed by atoms with Gasteiger partial charge in [-0.3, -0.25) is 4.79 Å². The van der Waals surface area contributed by atoms with Crippen LogP contribution < -0.4 is 15.0 Å². The maximum atomic E-state index is 12.5. The zero-order chi connectivity index (χ0) is 20.4. The molecule has 0 spiro atoms. The third-order valence-corrected chi connectivity index (χ3v) is 5.52. The lowest BCUT2D eigenvalue weighted by atomic mass is 10.2. The topological polar surface area (TPSA) is 90.5 Å². The maximum Gasteiger partial charge on any atom is 0.348 e. The number of carbonyl (C=O) groups is 1. The van der Waals surface area contributed by atoms with Crippen molar-refractivity contribution in [1.82, 2.24) is 9.97 Å². The van der Waals surface area contributed by atoms with Gasteiger partial charge in [-0.2, -0.15) is 0 Å². The molecule has 146 valence electrons. The minimum Gasteiger partial charge on any atom is -0.497 e. The molecule has 9 heteroatoms. The molecule has 0 atom stereocenters. The lowest BCUT2D eigenvalue weighted by Crippen LogP contribution is -2.10. The number of hydrogen-bond acceptors (Lipinski definition) is 7. The summed E-state index contributed by atoms with van der Waals surface area (Å²) in [6.07, 6.45) is 1.64. The molecular formula is C19H17ClN2O5S. The number of halogens is 1. The summed E-state index contributed by atoms with van der Waals surface area (Å²) in [6.45, 7) is 1.68. The zero-order valence-electron chi connectivity index (χ0n) is 15.6. The van der Waals surface area contributed by atoms with Crippen molar-refractivity contribution in [3.63, 3.8) is 0 Å². The molecule has 0 amide bonds. The molecular weight excluding hydrogens is 404 g/mol. The van der Waals surface area contributed by atoms with Crippen LogP contribution in [0.4, 0.5) is 0 Å². The van der Waals surface area contributed by atoms with Crippen molar-refractivity contribution in [2.45, 2.75) is 6.92 Å². The number of carbonyl (C=O) groups excluding carboxylic acids is 1. The molecule has 0 aliphatic rings. The molecule has 0 unspecified atom stereocenters. The van der Waals surface area contributed by atoms with Crippen LogP contribution in [0.15, 0.2) is 23.0 Å². The molecule has 0 fully saturated rings. The van der Waals surface area contributed by atoms with E-state index < -0.39 is 5.97 Å². The van der Waals surface area contributed by atoms with Gasteiger partial charge in [-0.05, 0) is 36.3 Å². The molecule has 2 aromatic heterocycles. The zero-order valence-corrected chi connectivity index (χ0v) is 17.2. The average Bonchev–Trinajstić information content (AvgIpc) is 3.03. The predicted molar refractivity (Wildman–Crippen MR) is 110 cm³/mol. The average molecular weight is 421 g/mol. The quantitative estimate of drug-likeness (QED) is 0.631. The molecule has 7 nitrogen and oxygen atoms in total. The van der Waals surface area contributed by atoms with Gasteiger partial charge in [0, 0.05) is 6.07 Å². The van der Waals surface area contributed by atoms with Crippen molar-refractivity contribution in [3.8, 4) is 11.5 Å². The summed E-state index contributed by atoms with van der Waals surface area (Å²) < 4.78 is 15.2. The van der Waals surface area contributed by atoms with Gasteiger partial charge in [0.05, 0.1) is 31.7 Å². The van der Waals surface area contributed by atoms with Crippen molar-refractivity contribution < 1.29 is 19.0 Å². The first-order chi connectivity index (χ1) is 13.4. The number of nitrogens with zero attached hydrogens (tertiary/aromatic N) is 1. The first kappa shape index (κ1) is 19.9. The van der Waals surface area contributed by atoms with Gasteiger partial charge in [-0.1, -0.05) is 11.6 Å². The Bertz CT molecular complexity index is 1130. The van der Waals surface area contributed by atoms with Gasteiger partial charge in [-0.25, -0.2) is 9.78 Å². The Hall–Kier alpha value is -2.84. The number of nitrogens with one attached hydrogen (secondary N) is 1. The van der Waals surface area contributed by atoms with Crippen molar-refractivity contribution in [1.29, 1.82) is 0 Å². The van der Waals surface area contributed by atoms with E-state index in [0.717, 1.165) is 11.3 Å². The lowest BCUT2D eigenvalue weighted by molar-refractivity contribution is 0.0605. The number of rotatable bonds is 5. The monoisotopic (exact) mass is 420 g/mol. The molecule has 3 aromatic rings. The number of fused-ring (bicyclic) bond motifs is 1. The molecule has 0 aliphatic heterocycles. The summed E-state index contributed by atoms with van der Waals surface area (Å²) in [5.74, 6) is 0.886. The fourth-order valence-corrected chi connectivity index (χ4v) is 3.99. The highest BCUT2D eigenvalue weighted by molar-refractivity contribution is 7.20. The van der Waals surface area contributed by atoms with Gasteiger partial charge in [0.15, 0.2) is 5.82 Å². The number of aryl methyl sites for hydroxylation is 1. The molecule has 2 heterocycles. The van der Waals surface area contributed by atoms with Gasteiger partial charge in [0.2, 0.25) is 0 Å². The number of methoxy groups -OCH3 is 3. The highest BCUT2D eigenvalue weighted by Crippen LogP contribution is 2.30. The Morgan fingerprint density at radius 2 is 1.82 bits per heavy atom. The van der Waals surface area contributed by atoms with E-state index in [4.69, 9.17) is 25.8 Å². The smallest absolute Gasteiger partial charge is 0.348 e. The minimum atomic E-state index is -0.508. The van der Waals surface area contributed by atoms with Gasteiger partial charge >= 0.3 is 5.97 Å². The van der Waals surface area contributed by atoms with E-state index in [1.807, 2.05) is 0 Å². The Labute approximate surface area is 169 Å². The van der Waals surface area contributed by atoms with Gasteiger partial charge < -0.3 is 19.2 Å². The van der Waals surface area contributed by atoms with E-state index >= 15 is 0 Å². The largest absolute Gasteiger partial charge is 0.497 e. The van der Waals surface area contributed by atoms with Crippen LogP contribution >= 0.6 is 22.9 Å². The molecule has 1 N–H and O–H groups in total. The maximum absolute atomic E-state index is 12.5. The standard InChI is InChI=1S/C19H17ClN2O5S/c1-9-14-17(23)21-16(22-18(14)28-15(9)19(24)27-4)13(20)7-10-5-11(25-2)8-12(6-10)26-3/h5-8H,1-4H3,(H,21,22,23). The van der Waals surface area contributed by atoms with E-state index in [2.05, 4.69) is 9.97 Å². The minimum absolute atomic E-state index is 0.193.